The van der Waals surface area contributed by atoms with Crippen molar-refractivity contribution in [2.75, 3.05) is 24.6 Å². The molecule has 0 aromatic heterocycles. The zero-order chi connectivity index (χ0) is 10.1. The molecule has 3 aliphatic rings. The SMILES string of the molecule is C1CC2C(NC3CCSCC3)CCN2C1. The van der Waals surface area contributed by atoms with Crippen molar-refractivity contribution in [3.63, 3.8) is 0 Å². The van der Waals surface area contributed by atoms with Crippen LogP contribution >= 0.6 is 11.8 Å². The lowest BCUT2D eigenvalue weighted by Crippen LogP contribution is -2.45. The van der Waals surface area contributed by atoms with E-state index in [9.17, 15) is 0 Å². The summed E-state index contributed by atoms with van der Waals surface area (Å²) in [6.07, 6.45) is 7.07. The first-order valence-corrected chi connectivity index (χ1v) is 7.67. The van der Waals surface area contributed by atoms with E-state index in [2.05, 4.69) is 22.0 Å². The highest BCUT2D eigenvalue weighted by Crippen LogP contribution is 2.29. The van der Waals surface area contributed by atoms with Crippen molar-refractivity contribution in [2.24, 2.45) is 0 Å². The van der Waals surface area contributed by atoms with Crippen LogP contribution in [0.5, 0.6) is 0 Å². The molecule has 2 unspecified atom stereocenters. The molecule has 0 spiro atoms. The van der Waals surface area contributed by atoms with Gasteiger partial charge >= 0.3 is 0 Å². The maximum absolute atomic E-state index is 3.93. The number of thioether (sulfide) groups is 1. The molecule has 0 amide bonds. The van der Waals surface area contributed by atoms with Gasteiger partial charge in [0.05, 0.1) is 0 Å². The van der Waals surface area contributed by atoms with E-state index in [4.69, 9.17) is 0 Å². The monoisotopic (exact) mass is 226 g/mol. The molecule has 3 saturated heterocycles. The zero-order valence-corrected chi connectivity index (χ0v) is 10.3. The summed E-state index contributed by atoms with van der Waals surface area (Å²) in [6.45, 7) is 2.72. The van der Waals surface area contributed by atoms with Crippen LogP contribution in [-0.4, -0.2) is 47.6 Å². The Balaban J connectivity index is 1.54. The minimum absolute atomic E-state index is 0.820. The van der Waals surface area contributed by atoms with E-state index in [0.29, 0.717) is 0 Å². The first-order valence-electron chi connectivity index (χ1n) is 6.51. The summed E-state index contributed by atoms with van der Waals surface area (Å²) >= 11 is 2.13. The van der Waals surface area contributed by atoms with Crippen LogP contribution in [0.3, 0.4) is 0 Å². The Morgan fingerprint density at radius 1 is 1.00 bits per heavy atom. The maximum atomic E-state index is 3.93. The third kappa shape index (κ3) is 2.20. The molecule has 3 aliphatic heterocycles. The molecule has 15 heavy (non-hydrogen) atoms. The molecule has 0 aromatic carbocycles. The minimum Gasteiger partial charge on any atom is -0.310 e. The summed E-state index contributed by atoms with van der Waals surface area (Å²) in [5.74, 6) is 2.75. The standard InChI is InChI=1S/C12H22N2S/c1-2-12-11(3-7-14(12)6-1)13-10-4-8-15-9-5-10/h10-13H,1-9H2. The Morgan fingerprint density at radius 2 is 1.87 bits per heavy atom. The van der Waals surface area contributed by atoms with Crippen molar-refractivity contribution < 1.29 is 0 Å². The van der Waals surface area contributed by atoms with Gasteiger partial charge in [-0.1, -0.05) is 0 Å². The molecule has 3 rings (SSSR count). The van der Waals surface area contributed by atoms with E-state index in [-0.39, 0.29) is 0 Å². The zero-order valence-electron chi connectivity index (χ0n) is 9.45. The maximum Gasteiger partial charge on any atom is 0.0250 e. The van der Waals surface area contributed by atoms with Gasteiger partial charge in [-0.2, -0.15) is 11.8 Å². The third-order valence-electron chi connectivity index (χ3n) is 4.28. The van der Waals surface area contributed by atoms with Crippen molar-refractivity contribution in [1.29, 1.82) is 0 Å². The van der Waals surface area contributed by atoms with E-state index >= 15 is 0 Å². The van der Waals surface area contributed by atoms with Gasteiger partial charge in [0, 0.05) is 24.7 Å². The Labute approximate surface area is 97.2 Å². The topological polar surface area (TPSA) is 15.3 Å². The Bertz CT molecular complexity index is 216. The average Bonchev–Trinajstić information content (AvgIpc) is 2.85. The Morgan fingerprint density at radius 3 is 2.73 bits per heavy atom. The number of nitrogens with one attached hydrogen (secondary N) is 1. The molecule has 0 aliphatic carbocycles. The van der Waals surface area contributed by atoms with Gasteiger partial charge in [0.15, 0.2) is 0 Å². The predicted molar refractivity (Wildman–Crippen MR) is 66.5 cm³/mol. The van der Waals surface area contributed by atoms with Crippen molar-refractivity contribution in [1.82, 2.24) is 10.2 Å². The van der Waals surface area contributed by atoms with Crippen LogP contribution in [0, 0.1) is 0 Å². The van der Waals surface area contributed by atoms with Crippen molar-refractivity contribution in [3.8, 4) is 0 Å². The predicted octanol–water partition coefficient (Wildman–Crippen LogP) is 1.71. The minimum atomic E-state index is 0.820. The largest absolute Gasteiger partial charge is 0.310 e. The second kappa shape index (κ2) is 4.64. The lowest BCUT2D eigenvalue weighted by Gasteiger charge is -2.29. The van der Waals surface area contributed by atoms with Crippen LogP contribution < -0.4 is 5.32 Å². The molecule has 86 valence electrons. The van der Waals surface area contributed by atoms with E-state index in [1.807, 2.05) is 0 Å². The van der Waals surface area contributed by atoms with Crippen LogP contribution in [0.2, 0.25) is 0 Å². The quantitative estimate of drug-likeness (QED) is 0.772. The van der Waals surface area contributed by atoms with Gasteiger partial charge in [-0.25, -0.2) is 0 Å². The van der Waals surface area contributed by atoms with Gasteiger partial charge in [-0.15, -0.1) is 0 Å². The summed E-state index contributed by atoms with van der Waals surface area (Å²) in [7, 11) is 0. The molecule has 3 heterocycles. The van der Waals surface area contributed by atoms with Crippen LogP contribution in [0.1, 0.15) is 32.1 Å². The number of rotatable bonds is 2. The third-order valence-corrected chi connectivity index (χ3v) is 5.33. The molecule has 2 atom stereocenters. The van der Waals surface area contributed by atoms with Gasteiger partial charge in [-0.05, 0) is 50.2 Å². The van der Waals surface area contributed by atoms with Crippen LogP contribution in [0.25, 0.3) is 0 Å². The molecule has 1 N–H and O–H groups in total. The normalized spacial score (nSPS) is 38.4. The summed E-state index contributed by atoms with van der Waals surface area (Å²) in [6, 6.07) is 2.54. The van der Waals surface area contributed by atoms with Crippen LogP contribution in [0.15, 0.2) is 0 Å². The highest BCUT2D eigenvalue weighted by Gasteiger charge is 2.37. The number of fused-ring (bicyclic) bond motifs is 1. The van der Waals surface area contributed by atoms with Gasteiger partial charge in [0.25, 0.3) is 0 Å². The summed E-state index contributed by atoms with van der Waals surface area (Å²) < 4.78 is 0. The Kier molecular flexibility index (Phi) is 3.23. The lowest BCUT2D eigenvalue weighted by atomic mass is 10.0. The van der Waals surface area contributed by atoms with Gasteiger partial charge in [-0.3, -0.25) is 4.90 Å². The summed E-state index contributed by atoms with van der Waals surface area (Å²) in [5, 5.41) is 3.93. The fourth-order valence-corrected chi connectivity index (χ4v) is 4.55. The number of hydrogen-bond donors (Lipinski definition) is 1. The van der Waals surface area contributed by atoms with E-state index in [1.165, 1.54) is 56.7 Å². The van der Waals surface area contributed by atoms with E-state index < -0.39 is 0 Å². The fraction of sp³-hybridized carbons (Fsp3) is 1.00. The first kappa shape index (κ1) is 10.4. The highest BCUT2D eigenvalue weighted by atomic mass is 32.2. The van der Waals surface area contributed by atoms with Crippen molar-refractivity contribution in [2.45, 2.75) is 50.2 Å². The molecule has 2 nitrogen and oxygen atoms in total. The van der Waals surface area contributed by atoms with Crippen molar-refractivity contribution >= 4 is 11.8 Å². The second-order valence-electron chi connectivity index (χ2n) is 5.19. The molecule has 3 fully saturated rings. The summed E-state index contributed by atoms with van der Waals surface area (Å²) in [5.41, 5.74) is 0. The molecule has 0 bridgehead atoms. The van der Waals surface area contributed by atoms with Gasteiger partial charge in [0.1, 0.15) is 0 Å². The molecule has 0 radical (unpaired) electrons. The van der Waals surface area contributed by atoms with Gasteiger partial charge < -0.3 is 5.32 Å². The van der Waals surface area contributed by atoms with Crippen LogP contribution in [0.4, 0.5) is 0 Å². The molecule has 0 saturated carbocycles. The molecular formula is C12H22N2S. The first-order chi connectivity index (χ1) is 7.43. The second-order valence-corrected chi connectivity index (χ2v) is 6.42. The number of nitrogens with zero attached hydrogens (tertiary/aromatic N) is 1. The summed E-state index contributed by atoms with van der Waals surface area (Å²) in [4.78, 5) is 2.70. The number of hydrogen-bond acceptors (Lipinski definition) is 3. The molecular weight excluding hydrogens is 204 g/mol. The average molecular weight is 226 g/mol. The smallest absolute Gasteiger partial charge is 0.0250 e. The fourth-order valence-electron chi connectivity index (χ4n) is 3.44. The van der Waals surface area contributed by atoms with E-state index in [0.717, 1.165) is 18.1 Å². The molecule has 0 aromatic rings. The Hall–Kier alpha value is 0.270. The van der Waals surface area contributed by atoms with Crippen molar-refractivity contribution in [3.05, 3.63) is 0 Å². The van der Waals surface area contributed by atoms with Crippen LogP contribution in [-0.2, 0) is 0 Å². The van der Waals surface area contributed by atoms with E-state index in [1.54, 1.807) is 0 Å². The highest BCUT2D eigenvalue weighted by molar-refractivity contribution is 7.99. The lowest BCUT2D eigenvalue weighted by molar-refractivity contribution is 0.285. The molecule has 3 heteroatoms. The van der Waals surface area contributed by atoms with Gasteiger partial charge in [0.2, 0.25) is 0 Å².